The molecular formula is C51H32N4O. The second-order valence-corrected chi connectivity index (χ2v) is 13.4. The van der Waals surface area contributed by atoms with Gasteiger partial charge in [-0.1, -0.05) is 158 Å². The van der Waals surface area contributed by atoms with E-state index in [1.807, 2.05) is 109 Å². The van der Waals surface area contributed by atoms with Crippen molar-refractivity contribution in [1.82, 2.24) is 19.5 Å². The molecule has 56 heavy (non-hydrogen) atoms. The summed E-state index contributed by atoms with van der Waals surface area (Å²) in [6.07, 6.45) is 0. The van der Waals surface area contributed by atoms with E-state index in [1.165, 1.54) is 0 Å². The van der Waals surface area contributed by atoms with Gasteiger partial charge >= 0.3 is 0 Å². The number of fused-ring (bicyclic) bond motifs is 6. The van der Waals surface area contributed by atoms with E-state index >= 15 is 0 Å². The average Bonchev–Trinajstić information content (AvgIpc) is 3.90. The van der Waals surface area contributed by atoms with Gasteiger partial charge in [0.2, 0.25) is 0 Å². The van der Waals surface area contributed by atoms with E-state index < -0.39 is 42.3 Å². The van der Waals surface area contributed by atoms with Crippen LogP contribution in [0.4, 0.5) is 0 Å². The topological polar surface area (TPSA) is 56.7 Å². The van der Waals surface area contributed by atoms with Crippen molar-refractivity contribution in [3.05, 3.63) is 194 Å². The molecule has 3 heterocycles. The van der Waals surface area contributed by atoms with Crippen LogP contribution in [0.5, 0.6) is 0 Å². The number of benzene rings is 8. The maximum absolute atomic E-state index is 9.22. The van der Waals surface area contributed by atoms with Crippen LogP contribution in [-0.4, -0.2) is 19.5 Å². The molecule has 3 aromatic heterocycles. The molecule has 5 heteroatoms. The van der Waals surface area contributed by atoms with Gasteiger partial charge in [0.15, 0.2) is 17.5 Å². The fraction of sp³-hybridized carbons (Fsp3) is 0. The second-order valence-electron chi connectivity index (χ2n) is 13.4. The largest absolute Gasteiger partial charge is 0.456 e. The normalized spacial score (nSPS) is 13.8. The molecule has 0 spiro atoms. The quantitative estimate of drug-likeness (QED) is 0.171. The minimum Gasteiger partial charge on any atom is -0.456 e. The van der Waals surface area contributed by atoms with E-state index in [2.05, 4.69) is 0 Å². The summed E-state index contributed by atoms with van der Waals surface area (Å²) in [4.78, 5) is 15.1. The van der Waals surface area contributed by atoms with Gasteiger partial charge in [0.05, 0.1) is 23.4 Å². The molecule has 0 N–H and O–H groups in total. The first kappa shape index (κ1) is 23.9. The summed E-state index contributed by atoms with van der Waals surface area (Å²) in [5.41, 5.74) is 6.64. The zero-order chi connectivity index (χ0) is 44.8. The fourth-order valence-corrected chi connectivity index (χ4v) is 7.47. The number of rotatable bonds is 6. The third-order valence-corrected chi connectivity index (χ3v) is 10.1. The number of furan rings is 1. The Morgan fingerprint density at radius 1 is 0.411 bits per heavy atom. The minimum atomic E-state index is -0.538. The number of hydrogen-bond donors (Lipinski definition) is 0. The van der Waals surface area contributed by atoms with E-state index in [9.17, 15) is 1.37 Å². The summed E-state index contributed by atoms with van der Waals surface area (Å²) in [7, 11) is 0. The standard InChI is InChI=1S/C51H32N4O/c1-3-13-33(14-4-1)34-25-27-36(28-26-34)49-52-50(54-51(53-49)38-29-30-43-42-20-8-10-24-46(42)56-47(43)32-38)37-17-11-18-39(31-37)55-45-23-9-7-19-41(45)44-22-12-21-40(48(44)55)35-15-5-2-6-16-35/h1-32H/i2D,5D,6D,7D,9D,15D,16D,19D,23D. The lowest BCUT2D eigenvalue weighted by Gasteiger charge is -2.13. The molecule has 0 bridgehead atoms. The molecule has 0 aliphatic carbocycles. The van der Waals surface area contributed by atoms with E-state index in [4.69, 9.17) is 30.3 Å². The molecule has 5 nitrogen and oxygen atoms in total. The molecule has 0 aliphatic heterocycles. The zero-order valence-corrected chi connectivity index (χ0v) is 29.5. The predicted octanol–water partition coefficient (Wildman–Crippen LogP) is 13.2. The first-order valence-corrected chi connectivity index (χ1v) is 18.0. The first-order valence-electron chi connectivity index (χ1n) is 22.5. The van der Waals surface area contributed by atoms with E-state index in [0.29, 0.717) is 50.8 Å². The predicted molar refractivity (Wildman–Crippen MR) is 229 cm³/mol. The molecule has 0 unspecified atom stereocenters. The fourth-order valence-electron chi connectivity index (χ4n) is 7.47. The van der Waals surface area contributed by atoms with Crippen molar-refractivity contribution in [3.8, 4) is 62.1 Å². The van der Waals surface area contributed by atoms with Crippen molar-refractivity contribution in [2.75, 3.05) is 0 Å². The van der Waals surface area contributed by atoms with Crippen molar-refractivity contribution in [2.45, 2.75) is 0 Å². The third-order valence-electron chi connectivity index (χ3n) is 10.1. The number of nitrogens with zero attached hydrogens (tertiary/aromatic N) is 4. The Labute approximate surface area is 335 Å². The summed E-state index contributed by atoms with van der Waals surface area (Å²) >= 11 is 0. The van der Waals surface area contributed by atoms with Crippen molar-refractivity contribution in [1.29, 1.82) is 0 Å². The van der Waals surface area contributed by atoms with Crippen LogP contribution in [0.1, 0.15) is 12.3 Å². The number of hydrogen-bond acceptors (Lipinski definition) is 4. The molecule has 0 atom stereocenters. The van der Waals surface area contributed by atoms with Gasteiger partial charge in [-0.3, -0.25) is 0 Å². The Balaban J connectivity index is 1.15. The van der Waals surface area contributed by atoms with Gasteiger partial charge in [-0.15, -0.1) is 0 Å². The SMILES string of the molecule is [2H]c1c([2H])c([2H])c(-c2cccc3c4c([2H])c([2H])c([2H])c([2H])c4n(-c4cccc(-c5nc(-c6ccc(-c7ccccc7)cc6)nc(-c6ccc7c(c6)oc6ccccc67)n5)c4)c23)c([2H])c1[2H]. The molecule has 0 aliphatic rings. The van der Waals surface area contributed by atoms with Crippen molar-refractivity contribution in [2.24, 2.45) is 0 Å². The molecule has 11 rings (SSSR count). The Hall–Kier alpha value is -7.63. The van der Waals surface area contributed by atoms with E-state index in [1.54, 1.807) is 34.9 Å². The number of para-hydroxylation sites is 3. The first-order chi connectivity index (χ1) is 31.5. The molecule has 0 saturated heterocycles. The average molecular weight is 726 g/mol. The van der Waals surface area contributed by atoms with E-state index in [0.717, 1.165) is 33.0 Å². The molecule has 262 valence electrons. The number of aromatic nitrogens is 4. The highest BCUT2D eigenvalue weighted by molar-refractivity contribution is 6.14. The Bertz CT molecular complexity index is 3750. The third kappa shape index (κ3) is 5.37. The zero-order valence-electron chi connectivity index (χ0n) is 38.5. The molecule has 0 amide bonds. The molecular weight excluding hydrogens is 685 g/mol. The van der Waals surface area contributed by atoms with Gasteiger partial charge < -0.3 is 8.98 Å². The van der Waals surface area contributed by atoms with Gasteiger partial charge in [-0.05, 0) is 53.1 Å². The molecule has 0 saturated carbocycles. The lowest BCUT2D eigenvalue weighted by atomic mass is 10.0. The van der Waals surface area contributed by atoms with Crippen molar-refractivity contribution >= 4 is 43.7 Å². The highest BCUT2D eigenvalue weighted by Crippen LogP contribution is 2.39. The monoisotopic (exact) mass is 725 g/mol. The maximum atomic E-state index is 9.22. The van der Waals surface area contributed by atoms with Crippen LogP contribution >= 0.6 is 0 Å². The lowest BCUT2D eigenvalue weighted by molar-refractivity contribution is 0.669. The van der Waals surface area contributed by atoms with Crippen LogP contribution in [-0.2, 0) is 0 Å². The van der Waals surface area contributed by atoms with Crippen LogP contribution in [0, 0.1) is 0 Å². The highest BCUT2D eigenvalue weighted by atomic mass is 16.3. The summed E-state index contributed by atoms with van der Waals surface area (Å²) in [6.45, 7) is 0. The summed E-state index contributed by atoms with van der Waals surface area (Å²) < 4.78 is 86.7. The smallest absolute Gasteiger partial charge is 0.164 e. The molecule has 0 fully saturated rings. The minimum absolute atomic E-state index is 0.0662. The second kappa shape index (κ2) is 13.0. The Morgan fingerprint density at radius 2 is 1.02 bits per heavy atom. The van der Waals surface area contributed by atoms with Gasteiger partial charge in [0.1, 0.15) is 11.2 Å². The van der Waals surface area contributed by atoms with Gasteiger partial charge in [0, 0.05) is 49.5 Å². The van der Waals surface area contributed by atoms with Crippen LogP contribution in [0.2, 0.25) is 0 Å². The summed E-state index contributed by atoms with van der Waals surface area (Å²) in [5.74, 6) is 1.12. The molecule has 0 radical (unpaired) electrons. The van der Waals surface area contributed by atoms with Crippen LogP contribution < -0.4 is 0 Å². The maximum Gasteiger partial charge on any atom is 0.164 e. The Morgan fingerprint density at radius 3 is 1.86 bits per heavy atom. The Kier molecular flexibility index (Phi) is 5.57. The molecule has 11 aromatic rings. The highest BCUT2D eigenvalue weighted by Gasteiger charge is 2.19. The summed E-state index contributed by atoms with van der Waals surface area (Å²) in [5, 5.41) is 2.57. The van der Waals surface area contributed by atoms with Crippen LogP contribution in [0.25, 0.3) is 106 Å². The van der Waals surface area contributed by atoms with Gasteiger partial charge in [-0.25, -0.2) is 15.0 Å². The molecule has 8 aromatic carbocycles. The van der Waals surface area contributed by atoms with Crippen LogP contribution in [0.15, 0.2) is 198 Å². The van der Waals surface area contributed by atoms with Gasteiger partial charge in [0.25, 0.3) is 0 Å². The van der Waals surface area contributed by atoms with Gasteiger partial charge in [-0.2, -0.15) is 0 Å². The van der Waals surface area contributed by atoms with Crippen molar-refractivity contribution < 1.29 is 16.8 Å². The lowest BCUT2D eigenvalue weighted by Crippen LogP contribution is -2.01. The van der Waals surface area contributed by atoms with E-state index in [-0.39, 0.29) is 34.1 Å². The van der Waals surface area contributed by atoms with Crippen molar-refractivity contribution in [3.63, 3.8) is 0 Å². The summed E-state index contributed by atoms with van der Waals surface area (Å²) in [6, 6.07) is 40.1. The van der Waals surface area contributed by atoms with Crippen LogP contribution in [0.3, 0.4) is 0 Å².